The number of rotatable bonds is 7. The Hall–Kier alpha value is -1.39. The Morgan fingerprint density at radius 3 is 1.85 bits per heavy atom. The van der Waals surface area contributed by atoms with Gasteiger partial charge in [-0.25, -0.2) is 0 Å². The Kier molecular flexibility index (Phi) is 6.68. The molecule has 1 aliphatic rings. The molecule has 0 aliphatic heterocycles. The first kappa shape index (κ1) is 16.7. The smallest absolute Gasteiger partial charge is 0.306 e. The summed E-state index contributed by atoms with van der Waals surface area (Å²) in [7, 11) is 0. The largest absolute Gasteiger partial charge is 0.466 e. The number of aldehydes is 1. The second kappa shape index (κ2) is 8.02. The highest BCUT2D eigenvalue weighted by atomic mass is 16.5. The predicted octanol–water partition coefficient (Wildman–Crippen LogP) is 2.27. The summed E-state index contributed by atoms with van der Waals surface area (Å²) in [5, 5.41) is 0. The minimum absolute atomic E-state index is 0.0486. The zero-order valence-corrected chi connectivity index (χ0v) is 12.4. The number of hydrogen-bond donors (Lipinski definition) is 0. The molecule has 0 N–H and O–H groups in total. The highest BCUT2D eigenvalue weighted by Gasteiger charge is 2.39. The molecule has 1 saturated carbocycles. The SMILES string of the molecule is CCOC(=O)CC1(CC(=O)OCC)CCC(C=O)CC1. The van der Waals surface area contributed by atoms with Gasteiger partial charge in [-0.05, 0) is 44.9 Å². The maximum Gasteiger partial charge on any atom is 0.306 e. The molecule has 5 heteroatoms. The second-order valence-electron chi connectivity index (χ2n) is 5.44. The van der Waals surface area contributed by atoms with Crippen molar-refractivity contribution in [1.82, 2.24) is 0 Å². The van der Waals surface area contributed by atoms with E-state index in [-0.39, 0.29) is 30.7 Å². The van der Waals surface area contributed by atoms with Crippen LogP contribution in [0, 0.1) is 11.3 Å². The first-order valence-electron chi connectivity index (χ1n) is 7.31. The lowest BCUT2D eigenvalue weighted by Gasteiger charge is -2.37. The van der Waals surface area contributed by atoms with Crippen LogP contribution in [0.25, 0.3) is 0 Å². The molecule has 114 valence electrons. The van der Waals surface area contributed by atoms with E-state index in [0.717, 1.165) is 19.1 Å². The van der Waals surface area contributed by atoms with Crippen molar-refractivity contribution >= 4 is 18.2 Å². The summed E-state index contributed by atoms with van der Waals surface area (Å²) in [5.74, 6) is -0.504. The van der Waals surface area contributed by atoms with Gasteiger partial charge in [0, 0.05) is 5.92 Å². The van der Waals surface area contributed by atoms with E-state index in [1.807, 2.05) is 0 Å². The van der Waals surface area contributed by atoms with Crippen LogP contribution in [0.3, 0.4) is 0 Å². The predicted molar refractivity (Wildman–Crippen MR) is 73.0 cm³/mol. The molecule has 0 atom stereocenters. The van der Waals surface area contributed by atoms with Crippen LogP contribution >= 0.6 is 0 Å². The monoisotopic (exact) mass is 284 g/mol. The average molecular weight is 284 g/mol. The minimum Gasteiger partial charge on any atom is -0.466 e. The molecule has 0 aromatic carbocycles. The van der Waals surface area contributed by atoms with E-state index in [2.05, 4.69) is 0 Å². The molecule has 20 heavy (non-hydrogen) atoms. The van der Waals surface area contributed by atoms with E-state index >= 15 is 0 Å². The van der Waals surface area contributed by atoms with Crippen LogP contribution in [0.2, 0.25) is 0 Å². The fourth-order valence-corrected chi connectivity index (χ4v) is 2.84. The molecule has 1 fully saturated rings. The number of carbonyl (C=O) groups excluding carboxylic acids is 3. The Labute approximate surface area is 120 Å². The molecule has 0 amide bonds. The fourth-order valence-electron chi connectivity index (χ4n) is 2.84. The van der Waals surface area contributed by atoms with Crippen molar-refractivity contribution in [3.8, 4) is 0 Å². The zero-order valence-electron chi connectivity index (χ0n) is 12.4. The van der Waals surface area contributed by atoms with Crippen LogP contribution in [-0.4, -0.2) is 31.4 Å². The minimum atomic E-state index is -0.405. The van der Waals surface area contributed by atoms with Gasteiger partial charge in [0.25, 0.3) is 0 Å². The van der Waals surface area contributed by atoms with Gasteiger partial charge in [0.05, 0.1) is 26.1 Å². The fraction of sp³-hybridized carbons (Fsp3) is 0.800. The third-order valence-corrected chi connectivity index (χ3v) is 3.93. The zero-order chi connectivity index (χ0) is 15.0. The molecule has 5 nitrogen and oxygen atoms in total. The summed E-state index contributed by atoms with van der Waals surface area (Å²) in [6.45, 7) is 4.20. The van der Waals surface area contributed by atoms with Gasteiger partial charge >= 0.3 is 11.9 Å². The van der Waals surface area contributed by atoms with Crippen molar-refractivity contribution in [2.24, 2.45) is 11.3 Å². The van der Waals surface area contributed by atoms with Gasteiger partial charge in [0.2, 0.25) is 0 Å². The first-order valence-corrected chi connectivity index (χ1v) is 7.31. The molecule has 0 saturated heterocycles. The number of hydrogen-bond acceptors (Lipinski definition) is 5. The second-order valence-corrected chi connectivity index (χ2v) is 5.44. The summed E-state index contributed by atoms with van der Waals surface area (Å²) < 4.78 is 10.0. The number of carbonyl (C=O) groups is 3. The van der Waals surface area contributed by atoms with Crippen molar-refractivity contribution in [2.45, 2.75) is 52.4 Å². The van der Waals surface area contributed by atoms with E-state index in [9.17, 15) is 14.4 Å². The van der Waals surface area contributed by atoms with Crippen LogP contribution in [0.4, 0.5) is 0 Å². The Morgan fingerprint density at radius 1 is 1.05 bits per heavy atom. The van der Waals surface area contributed by atoms with E-state index in [1.54, 1.807) is 13.8 Å². The van der Waals surface area contributed by atoms with Gasteiger partial charge in [-0.15, -0.1) is 0 Å². The van der Waals surface area contributed by atoms with Crippen molar-refractivity contribution in [3.05, 3.63) is 0 Å². The molecule has 0 aromatic heterocycles. The van der Waals surface area contributed by atoms with Crippen molar-refractivity contribution in [3.63, 3.8) is 0 Å². The molecule has 0 aromatic rings. The Balaban J connectivity index is 2.70. The van der Waals surface area contributed by atoms with Gasteiger partial charge in [-0.1, -0.05) is 0 Å². The van der Waals surface area contributed by atoms with Crippen LogP contribution in [0.15, 0.2) is 0 Å². The Bertz CT molecular complexity index is 320. The maximum atomic E-state index is 11.8. The topological polar surface area (TPSA) is 69.7 Å². The summed E-state index contributed by atoms with van der Waals surface area (Å²) in [4.78, 5) is 34.4. The summed E-state index contributed by atoms with van der Waals surface area (Å²) in [6, 6.07) is 0. The molecule has 0 heterocycles. The molecule has 0 spiro atoms. The lowest BCUT2D eigenvalue weighted by Crippen LogP contribution is -2.34. The first-order chi connectivity index (χ1) is 9.55. The van der Waals surface area contributed by atoms with Crippen LogP contribution in [-0.2, 0) is 23.9 Å². The number of esters is 2. The molecule has 0 radical (unpaired) electrons. The van der Waals surface area contributed by atoms with Crippen LogP contribution < -0.4 is 0 Å². The third-order valence-electron chi connectivity index (χ3n) is 3.93. The van der Waals surface area contributed by atoms with E-state index < -0.39 is 5.41 Å². The molecule has 1 rings (SSSR count). The molecule has 1 aliphatic carbocycles. The standard InChI is InChI=1S/C15H24O5/c1-3-19-13(17)9-15(10-14(18)20-4-2)7-5-12(11-16)6-8-15/h11-12H,3-10H2,1-2H3. The average Bonchev–Trinajstić information content (AvgIpc) is 2.40. The third kappa shape index (κ3) is 4.94. The summed E-state index contributed by atoms with van der Waals surface area (Å²) >= 11 is 0. The highest BCUT2D eigenvalue weighted by molar-refractivity contribution is 5.74. The normalized spacial score (nSPS) is 18.3. The van der Waals surface area contributed by atoms with Crippen LogP contribution in [0.5, 0.6) is 0 Å². The molecular formula is C15H24O5. The van der Waals surface area contributed by atoms with Crippen molar-refractivity contribution < 1.29 is 23.9 Å². The van der Waals surface area contributed by atoms with Gasteiger partial charge in [0.1, 0.15) is 6.29 Å². The van der Waals surface area contributed by atoms with Crippen LogP contribution in [0.1, 0.15) is 52.4 Å². The van der Waals surface area contributed by atoms with Gasteiger partial charge in [-0.3, -0.25) is 9.59 Å². The molecular weight excluding hydrogens is 260 g/mol. The van der Waals surface area contributed by atoms with E-state index in [1.165, 1.54) is 0 Å². The van der Waals surface area contributed by atoms with E-state index in [0.29, 0.717) is 26.1 Å². The van der Waals surface area contributed by atoms with Crippen molar-refractivity contribution in [2.75, 3.05) is 13.2 Å². The summed E-state index contributed by atoms with van der Waals surface area (Å²) in [5.41, 5.74) is -0.405. The molecule has 0 unspecified atom stereocenters. The number of ether oxygens (including phenoxy) is 2. The van der Waals surface area contributed by atoms with Gasteiger partial charge in [0.15, 0.2) is 0 Å². The lowest BCUT2D eigenvalue weighted by atomic mass is 9.67. The molecule has 0 bridgehead atoms. The van der Waals surface area contributed by atoms with Crippen molar-refractivity contribution in [1.29, 1.82) is 0 Å². The highest BCUT2D eigenvalue weighted by Crippen LogP contribution is 2.44. The maximum absolute atomic E-state index is 11.8. The van der Waals surface area contributed by atoms with Gasteiger partial charge < -0.3 is 14.3 Å². The summed E-state index contributed by atoms with van der Waals surface area (Å²) in [6.07, 6.45) is 4.25. The lowest BCUT2D eigenvalue weighted by molar-refractivity contribution is -0.151. The Morgan fingerprint density at radius 2 is 1.50 bits per heavy atom. The van der Waals surface area contributed by atoms with E-state index in [4.69, 9.17) is 9.47 Å². The quantitative estimate of drug-likeness (QED) is 0.530. The van der Waals surface area contributed by atoms with Gasteiger partial charge in [-0.2, -0.15) is 0 Å².